The van der Waals surface area contributed by atoms with E-state index >= 15 is 0 Å². The van der Waals surface area contributed by atoms with Crippen LogP contribution in [-0.4, -0.2) is 18.7 Å². The van der Waals surface area contributed by atoms with Crippen LogP contribution in [0.5, 0.6) is 5.75 Å². The van der Waals surface area contributed by atoms with Gasteiger partial charge in [-0.2, -0.15) is 0 Å². The fourth-order valence-electron chi connectivity index (χ4n) is 2.13. The quantitative estimate of drug-likeness (QED) is 0.880. The van der Waals surface area contributed by atoms with Gasteiger partial charge >= 0.3 is 0 Å². The van der Waals surface area contributed by atoms with Crippen LogP contribution in [0.3, 0.4) is 0 Å². The monoisotopic (exact) mass is 232 g/mol. The second-order valence-electron chi connectivity index (χ2n) is 4.91. The summed E-state index contributed by atoms with van der Waals surface area (Å²) in [6, 6.07) is 6.20. The SMILES string of the molecule is CNC(C)(C)c1cn(C)c2ccc(OC)cc12. The number of aryl methyl sites for hydroxylation is 1. The molecule has 0 amide bonds. The van der Waals surface area contributed by atoms with Crippen LogP contribution in [0.4, 0.5) is 0 Å². The lowest BCUT2D eigenvalue weighted by Gasteiger charge is -2.23. The fraction of sp³-hybridized carbons (Fsp3) is 0.429. The Labute approximate surface area is 102 Å². The normalized spacial score (nSPS) is 12.1. The van der Waals surface area contributed by atoms with Gasteiger partial charge in [-0.3, -0.25) is 0 Å². The summed E-state index contributed by atoms with van der Waals surface area (Å²) < 4.78 is 7.46. The predicted molar refractivity (Wildman–Crippen MR) is 71.6 cm³/mol. The van der Waals surface area contributed by atoms with Crippen molar-refractivity contribution in [1.29, 1.82) is 0 Å². The second kappa shape index (κ2) is 4.08. The molecule has 1 heterocycles. The van der Waals surface area contributed by atoms with Crippen molar-refractivity contribution in [3.63, 3.8) is 0 Å². The molecule has 0 unspecified atom stereocenters. The molecule has 1 aromatic carbocycles. The topological polar surface area (TPSA) is 26.2 Å². The minimum Gasteiger partial charge on any atom is -0.497 e. The summed E-state index contributed by atoms with van der Waals surface area (Å²) in [6.07, 6.45) is 2.18. The first-order chi connectivity index (χ1) is 7.99. The van der Waals surface area contributed by atoms with Crippen molar-refractivity contribution in [2.24, 2.45) is 7.05 Å². The minimum atomic E-state index is -0.0497. The Morgan fingerprint density at radius 1 is 1.29 bits per heavy atom. The van der Waals surface area contributed by atoms with E-state index in [1.807, 2.05) is 13.1 Å². The molecule has 0 atom stereocenters. The molecule has 0 bridgehead atoms. The van der Waals surface area contributed by atoms with Gasteiger partial charge in [0.25, 0.3) is 0 Å². The average Bonchev–Trinajstić information content (AvgIpc) is 2.67. The molecule has 0 aliphatic rings. The number of fused-ring (bicyclic) bond motifs is 1. The summed E-state index contributed by atoms with van der Waals surface area (Å²) in [4.78, 5) is 0. The van der Waals surface area contributed by atoms with E-state index in [0.717, 1.165) is 5.75 Å². The number of ether oxygens (including phenoxy) is 1. The van der Waals surface area contributed by atoms with Gasteiger partial charge in [0.05, 0.1) is 7.11 Å². The van der Waals surface area contributed by atoms with E-state index in [1.54, 1.807) is 7.11 Å². The van der Waals surface area contributed by atoms with Gasteiger partial charge < -0.3 is 14.6 Å². The predicted octanol–water partition coefficient (Wildman–Crippen LogP) is 2.64. The lowest BCUT2D eigenvalue weighted by atomic mass is 9.94. The molecular weight excluding hydrogens is 212 g/mol. The minimum absolute atomic E-state index is 0.0497. The van der Waals surface area contributed by atoms with Crippen molar-refractivity contribution in [1.82, 2.24) is 9.88 Å². The molecule has 2 rings (SSSR count). The van der Waals surface area contributed by atoms with Crippen molar-refractivity contribution in [3.05, 3.63) is 30.0 Å². The molecule has 0 saturated carbocycles. The largest absolute Gasteiger partial charge is 0.497 e. The highest BCUT2D eigenvalue weighted by molar-refractivity contribution is 5.86. The summed E-state index contributed by atoms with van der Waals surface area (Å²) in [5.41, 5.74) is 2.46. The van der Waals surface area contributed by atoms with E-state index in [1.165, 1.54) is 16.5 Å². The summed E-state index contributed by atoms with van der Waals surface area (Å²) in [5, 5.41) is 4.59. The Bertz CT molecular complexity index is 540. The third-order valence-corrected chi connectivity index (χ3v) is 3.49. The third-order valence-electron chi connectivity index (χ3n) is 3.49. The molecule has 0 saturated heterocycles. The molecule has 0 aliphatic heterocycles. The number of hydrogen-bond donors (Lipinski definition) is 1. The average molecular weight is 232 g/mol. The van der Waals surface area contributed by atoms with Gasteiger partial charge in [-0.1, -0.05) is 0 Å². The molecular formula is C14H20N2O. The molecule has 3 heteroatoms. The number of hydrogen-bond acceptors (Lipinski definition) is 2. The second-order valence-corrected chi connectivity index (χ2v) is 4.91. The van der Waals surface area contributed by atoms with Crippen LogP contribution in [0.15, 0.2) is 24.4 Å². The molecule has 1 N–H and O–H groups in total. The van der Waals surface area contributed by atoms with Crippen molar-refractivity contribution in [2.75, 3.05) is 14.2 Å². The fourth-order valence-corrected chi connectivity index (χ4v) is 2.13. The van der Waals surface area contributed by atoms with Gasteiger partial charge in [-0.25, -0.2) is 0 Å². The Morgan fingerprint density at radius 3 is 2.59 bits per heavy atom. The van der Waals surface area contributed by atoms with Crippen LogP contribution in [-0.2, 0) is 12.6 Å². The molecule has 0 aliphatic carbocycles. The van der Waals surface area contributed by atoms with Crippen molar-refractivity contribution in [2.45, 2.75) is 19.4 Å². The zero-order valence-corrected chi connectivity index (χ0v) is 11.2. The first-order valence-corrected chi connectivity index (χ1v) is 5.82. The lowest BCUT2D eigenvalue weighted by molar-refractivity contribution is 0.415. The smallest absolute Gasteiger partial charge is 0.119 e. The Balaban J connectivity index is 2.71. The first kappa shape index (κ1) is 12.0. The molecule has 17 heavy (non-hydrogen) atoms. The molecule has 0 spiro atoms. The van der Waals surface area contributed by atoms with Crippen molar-refractivity contribution in [3.8, 4) is 5.75 Å². The number of aromatic nitrogens is 1. The Morgan fingerprint density at radius 2 is 2.00 bits per heavy atom. The van der Waals surface area contributed by atoms with Gasteiger partial charge in [0.15, 0.2) is 0 Å². The molecule has 0 fully saturated rings. The maximum atomic E-state index is 5.30. The molecule has 3 nitrogen and oxygen atoms in total. The molecule has 2 aromatic rings. The van der Waals surface area contributed by atoms with Crippen LogP contribution in [0.25, 0.3) is 10.9 Å². The zero-order chi connectivity index (χ0) is 12.6. The summed E-state index contributed by atoms with van der Waals surface area (Å²) in [7, 11) is 5.76. The first-order valence-electron chi connectivity index (χ1n) is 5.82. The Kier molecular flexibility index (Phi) is 2.87. The molecule has 0 radical (unpaired) electrons. The van der Waals surface area contributed by atoms with Gasteiger partial charge in [0.2, 0.25) is 0 Å². The van der Waals surface area contributed by atoms with E-state index in [4.69, 9.17) is 4.74 Å². The highest BCUT2D eigenvalue weighted by Crippen LogP contribution is 2.31. The summed E-state index contributed by atoms with van der Waals surface area (Å²) in [6.45, 7) is 4.36. The van der Waals surface area contributed by atoms with Crippen molar-refractivity contribution >= 4 is 10.9 Å². The van der Waals surface area contributed by atoms with Gasteiger partial charge in [-0.05, 0) is 44.7 Å². The van der Waals surface area contributed by atoms with E-state index < -0.39 is 0 Å². The van der Waals surface area contributed by atoms with Gasteiger partial charge in [0.1, 0.15) is 5.75 Å². The van der Waals surface area contributed by atoms with Crippen LogP contribution in [0, 0.1) is 0 Å². The maximum absolute atomic E-state index is 5.30. The van der Waals surface area contributed by atoms with Crippen molar-refractivity contribution < 1.29 is 4.74 Å². The van der Waals surface area contributed by atoms with Crippen LogP contribution >= 0.6 is 0 Å². The lowest BCUT2D eigenvalue weighted by Crippen LogP contribution is -2.32. The number of nitrogens with one attached hydrogen (secondary N) is 1. The van der Waals surface area contributed by atoms with Gasteiger partial charge in [-0.15, -0.1) is 0 Å². The highest BCUT2D eigenvalue weighted by Gasteiger charge is 2.22. The third kappa shape index (κ3) is 1.91. The van der Waals surface area contributed by atoms with Crippen LogP contribution in [0.2, 0.25) is 0 Å². The van der Waals surface area contributed by atoms with Gasteiger partial charge in [0, 0.05) is 29.7 Å². The highest BCUT2D eigenvalue weighted by atomic mass is 16.5. The summed E-state index contributed by atoms with van der Waals surface area (Å²) in [5.74, 6) is 0.900. The standard InChI is InChI=1S/C14H20N2O/c1-14(2,15-3)12-9-16(4)13-7-6-10(17-5)8-11(12)13/h6-9,15H,1-5H3. The summed E-state index contributed by atoms with van der Waals surface area (Å²) >= 11 is 0. The Hall–Kier alpha value is -1.48. The van der Waals surface area contributed by atoms with E-state index in [-0.39, 0.29) is 5.54 Å². The van der Waals surface area contributed by atoms with E-state index in [0.29, 0.717) is 0 Å². The molecule has 1 aromatic heterocycles. The maximum Gasteiger partial charge on any atom is 0.119 e. The van der Waals surface area contributed by atoms with E-state index in [2.05, 4.69) is 49.1 Å². The van der Waals surface area contributed by atoms with E-state index in [9.17, 15) is 0 Å². The number of nitrogens with zero attached hydrogens (tertiary/aromatic N) is 1. The van der Waals surface area contributed by atoms with Crippen LogP contribution in [0.1, 0.15) is 19.4 Å². The molecule has 92 valence electrons. The number of rotatable bonds is 3. The number of methoxy groups -OCH3 is 1. The number of benzene rings is 1. The van der Waals surface area contributed by atoms with Crippen LogP contribution < -0.4 is 10.1 Å². The zero-order valence-electron chi connectivity index (χ0n) is 11.2.